The number of hydrogen-bond donors (Lipinski definition) is 1. The van der Waals surface area contributed by atoms with Gasteiger partial charge in [0.15, 0.2) is 46.0 Å². The number of fused-ring (bicyclic) bond motifs is 1. The number of hydrogen-bond acceptors (Lipinski definition) is 11. The first kappa shape index (κ1) is 42.2. The average Bonchev–Trinajstić information content (AvgIpc) is 3.22. The number of carbonyl (C=O) groups is 1. The van der Waals surface area contributed by atoms with Crippen LogP contribution in [-0.4, -0.2) is 63.9 Å². The standard InChI is InChI=1S/C44H42O11.K/c45-21-22-48-42-29-32-11-1-2-12-33(32)30-43(42)54-28-27-52-39-18-8-7-17-38(39)50-24-23-49-36-15-5-6-16-37(36)51-25-26-53-40-19-9-10-20-41(40)55-31-34-13-3-4-14-35(34)44(46)47;/h1-20,29-30,45H,21-28,31H2,(H,46,47);/q;+1/p-1. The first-order valence-corrected chi connectivity index (χ1v) is 17.8. The quantitative estimate of drug-likeness (QED) is 0.0801. The van der Waals surface area contributed by atoms with Gasteiger partial charge in [-0.3, -0.25) is 0 Å². The maximum Gasteiger partial charge on any atom is 1.00 e. The van der Waals surface area contributed by atoms with Gasteiger partial charge < -0.3 is 52.9 Å². The Balaban J connectivity index is 0.00000600. The number of para-hydroxylation sites is 6. The number of aliphatic hydroxyl groups excluding tert-OH is 1. The van der Waals surface area contributed by atoms with Crippen molar-refractivity contribution in [1.29, 1.82) is 0 Å². The molecule has 0 saturated heterocycles. The molecule has 0 bridgehead atoms. The smallest absolute Gasteiger partial charge is 0.545 e. The molecule has 0 aliphatic rings. The first-order chi connectivity index (χ1) is 27.1. The molecule has 0 unspecified atom stereocenters. The molecular formula is C44H41KO11. The van der Waals surface area contributed by atoms with E-state index in [4.69, 9.17) is 37.9 Å². The van der Waals surface area contributed by atoms with Crippen molar-refractivity contribution in [1.82, 2.24) is 0 Å². The summed E-state index contributed by atoms with van der Waals surface area (Å²) in [6.45, 7) is 1.57. The molecule has 0 atom stereocenters. The number of aromatic carboxylic acids is 1. The molecule has 0 aromatic heterocycles. The Morgan fingerprint density at radius 2 is 0.750 bits per heavy atom. The van der Waals surface area contributed by atoms with Gasteiger partial charge in [0.1, 0.15) is 52.9 Å². The Kier molecular flexibility index (Phi) is 17.0. The molecule has 0 spiro atoms. The normalized spacial score (nSPS) is 10.5. The van der Waals surface area contributed by atoms with E-state index in [1.165, 1.54) is 6.07 Å². The summed E-state index contributed by atoms with van der Waals surface area (Å²) in [6.07, 6.45) is 0. The number of carboxylic acids is 1. The molecule has 6 aromatic carbocycles. The molecule has 284 valence electrons. The predicted molar refractivity (Wildman–Crippen MR) is 204 cm³/mol. The summed E-state index contributed by atoms with van der Waals surface area (Å²) in [5, 5.41) is 22.7. The van der Waals surface area contributed by atoms with E-state index in [9.17, 15) is 15.0 Å². The molecule has 0 saturated carbocycles. The van der Waals surface area contributed by atoms with E-state index in [1.807, 2.05) is 97.1 Å². The number of rotatable bonds is 22. The van der Waals surface area contributed by atoms with Gasteiger partial charge in [-0.25, -0.2) is 0 Å². The zero-order chi connectivity index (χ0) is 38.1. The van der Waals surface area contributed by atoms with Crippen LogP contribution in [0.15, 0.2) is 133 Å². The monoisotopic (exact) mass is 784 g/mol. The molecule has 0 fully saturated rings. The molecule has 0 heterocycles. The molecule has 0 amide bonds. The van der Waals surface area contributed by atoms with Crippen molar-refractivity contribution in [2.45, 2.75) is 6.61 Å². The summed E-state index contributed by atoms with van der Waals surface area (Å²) in [5.41, 5.74) is 0.581. The zero-order valence-electron chi connectivity index (χ0n) is 31.1. The van der Waals surface area contributed by atoms with Gasteiger partial charge in [0.25, 0.3) is 0 Å². The van der Waals surface area contributed by atoms with E-state index in [2.05, 4.69) is 0 Å². The van der Waals surface area contributed by atoms with Crippen LogP contribution in [-0.2, 0) is 6.61 Å². The third kappa shape index (κ3) is 12.3. The van der Waals surface area contributed by atoms with Gasteiger partial charge in [0.05, 0.1) is 12.6 Å². The van der Waals surface area contributed by atoms with E-state index in [0.29, 0.717) is 51.6 Å². The van der Waals surface area contributed by atoms with Crippen molar-refractivity contribution in [2.24, 2.45) is 0 Å². The van der Waals surface area contributed by atoms with E-state index in [1.54, 1.807) is 30.3 Å². The van der Waals surface area contributed by atoms with Crippen LogP contribution in [0.25, 0.3) is 10.8 Å². The van der Waals surface area contributed by atoms with Gasteiger partial charge in [-0.15, -0.1) is 0 Å². The molecule has 0 aliphatic heterocycles. The van der Waals surface area contributed by atoms with Gasteiger partial charge in [-0.05, 0) is 64.9 Å². The van der Waals surface area contributed by atoms with E-state index < -0.39 is 5.97 Å². The number of carboxylic acid groups (broad SMARTS) is 1. The third-order valence-electron chi connectivity index (χ3n) is 8.12. The zero-order valence-corrected chi connectivity index (χ0v) is 34.2. The Morgan fingerprint density at radius 1 is 0.429 bits per heavy atom. The fraction of sp³-hybridized carbons (Fsp3) is 0.205. The molecule has 6 aromatic rings. The van der Waals surface area contributed by atoms with Gasteiger partial charge in [-0.1, -0.05) is 84.9 Å². The molecular weight excluding hydrogens is 744 g/mol. The number of carbonyl (C=O) groups excluding carboxylic acids is 1. The molecule has 12 heteroatoms. The van der Waals surface area contributed by atoms with Crippen LogP contribution in [0.5, 0.6) is 46.0 Å². The van der Waals surface area contributed by atoms with Gasteiger partial charge in [-0.2, -0.15) is 0 Å². The Bertz CT molecular complexity index is 2140. The summed E-state index contributed by atoms with van der Waals surface area (Å²) in [5.74, 6) is 3.08. The summed E-state index contributed by atoms with van der Waals surface area (Å²) in [7, 11) is 0. The van der Waals surface area contributed by atoms with Crippen molar-refractivity contribution in [3.63, 3.8) is 0 Å². The van der Waals surface area contributed by atoms with Crippen LogP contribution in [0.4, 0.5) is 0 Å². The van der Waals surface area contributed by atoms with Crippen LogP contribution < -0.4 is 94.4 Å². The van der Waals surface area contributed by atoms with Gasteiger partial charge >= 0.3 is 51.4 Å². The topological polar surface area (TPSA) is 134 Å². The Hall–Kier alpha value is -4.95. The summed E-state index contributed by atoms with van der Waals surface area (Å²) >= 11 is 0. The van der Waals surface area contributed by atoms with E-state index >= 15 is 0 Å². The predicted octanol–water partition coefficient (Wildman–Crippen LogP) is 3.53. The van der Waals surface area contributed by atoms with Gasteiger partial charge in [0.2, 0.25) is 0 Å². The molecule has 6 rings (SSSR count). The number of ether oxygens (including phenoxy) is 8. The van der Waals surface area contributed by atoms with Crippen LogP contribution >= 0.6 is 0 Å². The second-order valence-corrected chi connectivity index (χ2v) is 11.9. The molecule has 11 nitrogen and oxygen atoms in total. The van der Waals surface area contributed by atoms with Crippen molar-refractivity contribution < 1.29 is 104 Å². The largest absolute Gasteiger partial charge is 1.00 e. The first-order valence-electron chi connectivity index (χ1n) is 17.8. The Morgan fingerprint density at radius 3 is 1.14 bits per heavy atom. The van der Waals surface area contributed by atoms with E-state index in [0.717, 1.165) is 10.8 Å². The molecule has 1 N–H and O–H groups in total. The average molecular weight is 785 g/mol. The second kappa shape index (κ2) is 22.6. The number of aliphatic hydroxyl groups is 1. The summed E-state index contributed by atoms with van der Waals surface area (Å²) < 4.78 is 47.6. The minimum absolute atomic E-state index is 0. The molecule has 0 aliphatic carbocycles. The van der Waals surface area contributed by atoms with Crippen molar-refractivity contribution in [2.75, 3.05) is 52.9 Å². The second-order valence-electron chi connectivity index (χ2n) is 11.9. The van der Waals surface area contributed by atoms with Crippen LogP contribution in [0.3, 0.4) is 0 Å². The maximum atomic E-state index is 11.5. The number of benzene rings is 6. The minimum atomic E-state index is -1.26. The molecule has 0 radical (unpaired) electrons. The minimum Gasteiger partial charge on any atom is -0.545 e. The summed E-state index contributed by atoms with van der Waals surface area (Å²) in [4.78, 5) is 11.5. The van der Waals surface area contributed by atoms with Crippen LogP contribution in [0, 0.1) is 0 Å². The van der Waals surface area contributed by atoms with E-state index in [-0.39, 0.29) is 116 Å². The van der Waals surface area contributed by atoms with Gasteiger partial charge in [0, 0.05) is 5.56 Å². The van der Waals surface area contributed by atoms with Crippen LogP contribution in [0.2, 0.25) is 0 Å². The molecule has 56 heavy (non-hydrogen) atoms. The fourth-order valence-electron chi connectivity index (χ4n) is 5.56. The SMILES string of the molecule is O=C([O-])c1ccccc1COc1ccccc1OCCOc1ccccc1OCCOc1ccccc1OCCOc1cc2ccccc2cc1OCCO.[K+]. The Labute approximate surface area is 368 Å². The van der Waals surface area contributed by atoms with Crippen molar-refractivity contribution in [3.8, 4) is 46.0 Å². The third-order valence-corrected chi connectivity index (χ3v) is 8.12. The maximum absolute atomic E-state index is 11.5. The fourth-order valence-corrected chi connectivity index (χ4v) is 5.56. The van der Waals surface area contributed by atoms with Crippen molar-refractivity contribution in [3.05, 3.63) is 145 Å². The van der Waals surface area contributed by atoms with Crippen LogP contribution in [0.1, 0.15) is 15.9 Å². The van der Waals surface area contributed by atoms with Crippen molar-refractivity contribution >= 4 is 16.7 Å². The summed E-state index contributed by atoms with van der Waals surface area (Å²) in [6, 6.07) is 40.2.